The number of pyridine rings is 1. The quantitative estimate of drug-likeness (QED) is 0.854. The zero-order chi connectivity index (χ0) is 14.7. The van der Waals surface area contributed by atoms with Crippen molar-refractivity contribution >= 4 is 27.7 Å². The van der Waals surface area contributed by atoms with Crippen molar-refractivity contribution < 1.29 is 0 Å². The lowest BCUT2D eigenvalue weighted by Gasteiger charge is -2.37. The number of hydrogen-bond donors (Lipinski definition) is 0. The smallest absolute Gasteiger partial charge is 0.225 e. The van der Waals surface area contributed by atoms with Gasteiger partial charge in [-0.1, -0.05) is 6.07 Å². The Labute approximate surface area is 133 Å². The molecule has 0 radical (unpaired) electrons. The number of nitrogens with zero attached hydrogens (tertiary/aromatic N) is 5. The molecule has 21 heavy (non-hydrogen) atoms. The Morgan fingerprint density at radius 3 is 2.48 bits per heavy atom. The first kappa shape index (κ1) is 14.3. The van der Waals surface area contributed by atoms with E-state index in [1.165, 1.54) is 0 Å². The largest absolute Gasteiger partial charge is 0.357 e. The third kappa shape index (κ3) is 3.32. The fourth-order valence-corrected chi connectivity index (χ4v) is 2.88. The molecule has 0 aliphatic carbocycles. The molecular weight excluding hydrogens is 330 g/mol. The monoisotopic (exact) mass is 347 g/mol. The molecule has 0 N–H and O–H groups in total. The number of piperidine rings is 1. The Morgan fingerprint density at radius 1 is 1.14 bits per heavy atom. The molecule has 5 nitrogen and oxygen atoms in total. The van der Waals surface area contributed by atoms with Gasteiger partial charge in [0.15, 0.2) is 0 Å². The summed E-state index contributed by atoms with van der Waals surface area (Å²) < 4.78 is 0.913. The highest BCUT2D eigenvalue weighted by Crippen LogP contribution is 2.22. The van der Waals surface area contributed by atoms with Crippen molar-refractivity contribution in [2.75, 3.05) is 29.9 Å². The van der Waals surface area contributed by atoms with Gasteiger partial charge in [-0.3, -0.25) is 0 Å². The van der Waals surface area contributed by atoms with Crippen LogP contribution >= 0.6 is 15.9 Å². The summed E-state index contributed by atoms with van der Waals surface area (Å²) >= 11 is 3.37. The highest BCUT2D eigenvalue weighted by Gasteiger charge is 2.24. The first-order valence-corrected chi connectivity index (χ1v) is 7.90. The maximum Gasteiger partial charge on any atom is 0.225 e. The second-order valence-electron chi connectivity index (χ2n) is 5.22. The SMILES string of the molecule is CN(c1ccccn1)C1CCN(c2ncc(Br)cn2)CC1. The summed E-state index contributed by atoms with van der Waals surface area (Å²) in [5, 5.41) is 0. The maximum atomic E-state index is 4.42. The Hall–Kier alpha value is -1.69. The van der Waals surface area contributed by atoms with Crippen molar-refractivity contribution in [2.24, 2.45) is 0 Å². The molecule has 1 aliphatic rings. The maximum absolute atomic E-state index is 4.42. The average Bonchev–Trinajstić information content (AvgIpc) is 2.56. The summed E-state index contributed by atoms with van der Waals surface area (Å²) in [5.74, 6) is 1.85. The van der Waals surface area contributed by atoms with Crippen LogP contribution in [0.25, 0.3) is 0 Å². The third-order valence-electron chi connectivity index (χ3n) is 3.91. The molecule has 0 saturated carbocycles. The molecule has 2 aromatic heterocycles. The highest BCUT2D eigenvalue weighted by molar-refractivity contribution is 9.10. The van der Waals surface area contributed by atoms with E-state index < -0.39 is 0 Å². The molecule has 1 aliphatic heterocycles. The minimum Gasteiger partial charge on any atom is -0.357 e. The van der Waals surface area contributed by atoms with Crippen LogP contribution in [-0.4, -0.2) is 41.1 Å². The van der Waals surface area contributed by atoms with Gasteiger partial charge in [0.1, 0.15) is 5.82 Å². The molecule has 2 aromatic rings. The molecule has 0 unspecified atom stereocenters. The molecule has 0 spiro atoms. The topological polar surface area (TPSA) is 45.2 Å². The number of halogens is 1. The summed E-state index contributed by atoms with van der Waals surface area (Å²) in [4.78, 5) is 17.7. The second-order valence-corrected chi connectivity index (χ2v) is 6.13. The number of rotatable bonds is 3. The fourth-order valence-electron chi connectivity index (χ4n) is 2.67. The van der Waals surface area contributed by atoms with Crippen LogP contribution in [-0.2, 0) is 0 Å². The minimum atomic E-state index is 0.520. The van der Waals surface area contributed by atoms with E-state index in [-0.39, 0.29) is 0 Å². The van der Waals surface area contributed by atoms with Gasteiger partial charge < -0.3 is 9.80 Å². The Balaban J connectivity index is 1.61. The van der Waals surface area contributed by atoms with E-state index in [9.17, 15) is 0 Å². The van der Waals surface area contributed by atoms with Gasteiger partial charge in [0.05, 0.1) is 4.47 Å². The lowest BCUT2D eigenvalue weighted by molar-refractivity contribution is 0.475. The Kier molecular flexibility index (Phi) is 4.34. The van der Waals surface area contributed by atoms with Gasteiger partial charge in [0.25, 0.3) is 0 Å². The number of anilines is 2. The third-order valence-corrected chi connectivity index (χ3v) is 4.32. The van der Waals surface area contributed by atoms with Crippen molar-refractivity contribution in [1.82, 2.24) is 15.0 Å². The van der Waals surface area contributed by atoms with Gasteiger partial charge in [0.2, 0.25) is 5.95 Å². The van der Waals surface area contributed by atoms with Crippen molar-refractivity contribution in [2.45, 2.75) is 18.9 Å². The average molecular weight is 348 g/mol. The Bertz CT molecular complexity index is 566. The van der Waals surface area contributed by atoms with E-state index in [1.54, 1.807) is 12.4 Å². The van der Waals surface area contributed by atoms with E-state index in [1.807, 2.05) is 18.3 Å². The van der Waals surface area contributed by atoms with Gasteiger partial charge in [-0.25, -0.2) is 15.0 Å². The van der Waals surface area contributed by atoms with Gasteiger partial charge in [-0.15, -0.1) is 0 Å². The lowest BCUT2D eigenvalue weighted by Crippen LogP contribution is -2.44. The predicted molar refractivity (Wildman–Crippen MR) is 87.6 cm³/mol. The van der Waals surface area contributed by atoms with Crippen LogP contribution in [0.2, 0.25) is 0 Å². The summed E-state index contributed by atoms with van der Waals surface area (Å²) in [6, 6.07) is 6.56. The van der Waals surface area contributed by atoms with Crippen LogP contribution in [0.4, 0.5) is 11.8 Å². The van der Waals surface area contributed by atoms with Crippen LogP contribution < -0.4 is 9.80 Å². The highest BCUT2D eigenvalue weighted by atomic mass is 79.9. The molecule has 0 bridgehead atoms. The molecule has 6 heteroatoms. The van der Waals surface area contributed by atoms with Crippen LogP contribution in [0.3, 0.4) is 0 Å². The molecule has 0 atom stereocenters. The van der Waals surface area contributed by atoms with Crippen molar-refractivity contribution in [3.8, 4) is 0 Å². The zero-order valence-corrected chi connectivity index (χ0v) is 13.6. The van der Waals surface area contributed by atoms with E-state index in [0.29, 0.717) is 6.04 Å². The standard InChI is InChI=1S/C15H18BrN5/c1-20(14-4-2-3-7-17-14)13-5-8-21(9-6-13)15-18-10-12(16)11-19-15/h2-4,7,10-11,13H,5-6,8-9H2,1H3. The second kappa shape index (κ2) is 6.39. The van der Waals surface area contributed by atoms with E-state index >= 15 is 0 Å². The molecule has 3 heterocycles. The normalized spacial score (nSPS) is 16.0. The van der Waals surface area contributed by atoms with E-state index in [2.05, 4.69) is 53.8 Å². The van der Waals surface area contributed by atoms with Crippen LogP contribution in [0, 0.1) is 0 Å². The van der Waals surface area contributed by atoms with Crippen LogP contribution in [0.5, 0.6) is 0 Å². The zero-order valence-electron chi connectivity index (χ0n) is 12.0. The van der Waals surface area contributed by atoms with E-state index in [0.717, 1.165) is 42.2 Å². The molecule has 1 saturated heterocycles. The van der Waals surface area contributed by atoms with Crippen LogP contribution in [0.15, 0.2) is 41.3 Å². The summed E-state index contributed by atoms with van der Waals surface area (Å²) in [6.07, 6.45) is 7.62. The first-order valence-electron chi connectivity index (χ1n) is 7.10. The van der Waals surface area contributed by atoms with Crippen LogP contribution in [0.1, 0.15) is 12.8 Å². The van der Waals surface area contributed by atoms with Gasteiger partial charge in [-0.05, 0) is 40.9 Å². The summed E-state index contributed by atoms with van der Waals surface area (Å²) in [5.41, 5.74) is 0. The first-order chi connectivity index (χ1) is 10.2. The molecule has 3 rings (SSSR count). The fraction of sp³-hybridized carbons (Fsp3) is 0.400. The number of hydrogen-bond acceptors (Lipinski definition) is 5. The van der Waals surface area contributed by atoms with Gasteiger partial charge >= 0.3 is 0 Å². The van der Waals surface area contributed by atoms with Crippen molar-refractivity contribution in [3.05, 3.63) is 41.3 Å². The molecule has 110 valence electrons. The lowest BCUT2D eigenvalue weighted by atomic mass is 10.0. The van der Waals surface area contributed by atoms with Gasteiger partial charge in [0, 0.05) is 44.8 Å². The molecule has 0 amide bonds. The van der Waals surface area contributed by atoms with Crippen molar-refractivity contribution in [1.29, 1.82) is 0 Å². The van der Waals surface area contributed by atoms with Gasteiger partial charge in [-0.2, -0.15) is 0 Å². The summed E-state index contributed by atoms with van der Waals surface area (Å²) in [6.45, 7) is 1.95. The molecular formula is C15H18BrN5. The Morgan fingerprint density at radius 2 is 1.86 bits per heavy atom. The molecule has 1 fully saturated rings. The summed E-state index contributed by atoms with van der Waals surface area (Å²) in [7, 11) is 2.12. The minimum absolute atomic E-state index is 0.520. The van der Waals surface area contributed by atoms with E-state index in [4.69, 9.17) is 0 Å². The number of aromatic nitrogens is 3. The predicted octanol–water partition coefficient (Wildman–Crippen LogP) is 2.74. The van der Waals surface area contributed by atoms with Crippen molar-refractivity contribution in [3.63, 3.8) is 0 Å². The molecule has 0 aromatic carbocycles.